The van der Waals surface area contributed by atoms with Gasteiger partial charge in [-0.05, 0) is 105 Å². The van der Waals surface area contributed by atoms with Crippen LogP contribution >= 0.6 is 0 Å². The van der Waals surface area contributed by atoms with Crippen molar-refractivity contribution in [2.45, 2.75) is 53.5 Å². The molecule has 2 aliphatic rings. The van der Waals surface area contributed by atoms with Crippen LogP contribution in [0.15, 0.2) is 78.9 Å². The first-order valence-corrected chi connectivity index (χ1v) is 14.4. The quantitative estimate of drug-likeness (QED) is 0.182. The Morgan fingerprint density at radius 3 is 2.03 bits per heavy atom. The Balaban J connectivity index is 1.53. The molecule has 5 rings (SSSR count). The van der Waals surface area contributed by atoms with E-state index in [9.17, 15) is 4.79 Å². The topological polar surface area (TPSA) is 32.8 Å². The fourth-order valence-electron chi connectivity index (χ4n) is 5.36. The maximum Gasteiger partial charge on any atom is 0.316 e. The summed E-state index contributed by atoms with van der Waals surface area (Å²) in [5.41, 5.74) is 6.88. The Morgan fingerprint density at radius 2 is 1.44 bits per heavy atom. The molecule has 0 aromatic heterocycles. The van der Waals surface area contributed by atoms with Crippen LogP contribution < -0.4 is 9.64 Å². The Bertz CT molecular complexity index is 1310. The van der Waals surface area contributed by atoms with Gasteiger partial charge in [0.25, 0.3) is 0 Å². The molecule has 1 aliphatic carbocycles. The van der Waals surface area contributed by atoms with Crippen molar-refractivity contribution in [1.82, 2.24) is 4.90 Å². The largest absolute Gasteiger partial charge is 0.426 e. The van der Waals surface area contributed by atoms with E-state index >= 15 is 0 Å². The van der Waals surface area contributed by atoms with Crippen molar-refractivity contribution in [3.63, 3.8) is 0 Å². The summed E-state index contributed by atoms with van der Waals surface area (Å²) in [6.07, 6.45) is 2.40. The second-order valence-corrected chi connectivity index (χ2v) is 12.3. The van der Waals surface area contributed by atoms with Gasteiger partial charge in [0.05, 0.1) is 5.41 Å². The highest BCUT2D eigenvalue weighted by Crippen LogP contribution is 2.48. The molecule has 0 amide bonds. The van der Waals surface area contributed by atoms with Crippen LogP contribution in [0, 0.1) is 11.3 Å². The average Bonchev–Trinajstić information content (AvgIpc) is 3.77. The zero-order chi connectivity index (χ0) is 27.6. The molecule has 0 bridgehead atoms. The maximum absolute atomic E-state index is 12.7. The van der Waals surface area contributed by atoms with E-state index < -0.39 is 5.41 Å². The Labute approximate surface area is 234 Å². The number of carbonyl (C=O) groups excluding carboxylic acids is 1. The molecule has 1 aliphatic heterocycles. The molecule has 204 valence electrons. The number of rotatable bonds is 7. The molecule has 4 heteroatoms. The predicted octanol–water partition coefficient (Wildman–Crippen LogP) is 7.54. The minimum atomic E-state index is -0.561. The lowest BCUT2D eigenvalue weighted by atomic mass is 9.87. The first-order valence-electron chi connectivity index (χ1n) is 14.4. The summed E-state index contributed by atoms with van der Waals surface area (Å²) in [6, 6.07) is 28.5. The van der Waals surface area contributed by atoms with E-state index in [2.05, 4.69) is 84.3 Å². The van der Waals surface area contributed by atoms with Crippen LogP contribution in [0.5, 0.6) is 5.75 Å². The molecule has 3 aromatic carbocycles. The first-order chi connectivity index (χ1) is 18.7. The number of nitrogens with zero attached hydrogens (tertiary/aromatic N) is 2. The van der Waals surface area contributed by atoms with E-state index in [1.54, 1.807) is 0 Å². The van der Waals surface area contributed by atoms with Crippen LogP contribution in [0.1, 0.15) is 64.2 Å². The number of ether oxygens (including phenoxy) is 1. The number of hydrogen-bond donors (Lipinski definition) is 0. The second kappa shape index (κ2) is 11.4. The first kappa shape index (κ1) is 27.2. The van der Waals surface area contributed by atoms with Crippen molar-refractivity contribution in [3.8, 4) is 5.75 Å². The van der Waals surface area contributed by atoms with Crippen molar-refractivity contribution in [2.75, 3.05) is 31.1 Å². The van der Waals surface area contributed by atoms with E-state index in [1.165, 1.54) is 40.8 Å². The fourth-order valence-corrected chi connectivity index (χ4v) is 5.36. The molecule has 4 nitrogen and oxygen atoms in total. The lowest BCUT2D eigenvalue weighted by molar-refractivity contribution is -0.142. The van der Waals surface area contributed by atoms with Gasteiger partial charge in [0.1, 0.15) is 5.75 Å². The van der Waals surface area contributed by atoms with Gasteiger partial charge in [-0.3, -0.25) is 9.69 Å². The second-order valence-electron chi connectivity index (χ2n) is 12.3. The van der Waals surface area contributed by atoms with Crippen molar-refractivity contribution in [2.24, 2.45) is 11.3 Å². The highest BCUT2D eigenvalue weighted by Gasteiger charge is 2.31. The van der Waals surface area contributed by atoms with Gasteiger partial charge in [0.15, 0.2) is 0 Å². The lowest BCUT2D eigenvalue weighted by Gasteiger charge is -2.38. The highest BCUT2D eigenvalue weighted by atomic mass is 16.5. The van der Waals surface area contributed by atoms with Gasteiger partial charge < -0.3 is 9.64 Å². The van der Waals surface area contributed by atoms with Gasteiger partial charge in [-0.1, -0.05) is 54.6 Å². The molecule has 2 fully saturated rings. The van der Waals surface area contributed by atoms with Crippen LogP contribution in [0.25, 0.3) is 11.1 Å². The Morgan fingerprint density at radius 1 is 0.795 bits per heavy atom. The molecular weight excluding hydrogens is 480 g/mol. The van der Waals surface area contributed by atoms with Gasteiger partial charge in [-0.25, -0.2) is 0 Å². The average molecular weight is 523 g/mol. The van der Waals surface area contributed by atoms with Gasteiger partial charge in [-0.2, -0.15) is 0 Å². The Hall–Kier alpha value is -3.37. The summed E-state index contributed by atoms with van der Waals surface area (Å²) in [5, 5.41) is 0. The predicted molar refractivity (Wildman–Crippen MR) is 162 cm³/mol. The molecule has 0 atom stereocenters. The molecule has 0 spiro atoms. The van der Waals surface area contributed by atoms with Crippen molar-refractivity contribution in [1.29, 1.82) is 0 Å². The minimum absolute atomic E-state index is 0.224. The van der Waals surface area contributed by atoms with Crippen LogP contribution in [0.2, 0.25) is 0 Å². The number of carbonyl (C=O) groups is 1. The summed E-state index contributed by atoms with van der Waals surface area (Å²) >= 11 is 0. The Kier molecular flexibility index (Phi) is 7.95. The minimum Gasteiger partial charge on any atom is -0.426 e. The van der Waals surface area contributed by atoms with E-state index in [4.69, 9.17) is 4.74 Å². The normalized spacial score (nSPS) is 17.2. The third-order valence-electron chi connectivity index (χ3n) is 7.85. The van der Waals surface area contributed by atoms with Crippen LogP contribution in [-0.4, -0.2) is 43.1 Å². The van der Waals surface area contributed by atoms with Gasteiger partial charge in [0.2, 0.25) is 0 Å². The summed E-state index contributed by atoms with van der Waals surface area (Å²) in [6.45, 7) is 14.5. The van der Waals surface area contributed by atoms with Crippen molar-refractivity contribution >= 4 is 22.8 Å². The molecule has 0 unspecified atom stereocenters. The molecule has 1 saturated heterocycles. The van der Waals surface area contributed by atoms with Crippen molar-refractivity contribution in [3.05, 3.63) is 95.6 Å². The summed E-state index contributed by atoms with van der Waals surface area (Å²) in [5.74, 6) is 0.900. The number of esters is 1. The summed E-state index contributed by atoms with van der Waals surface area (Å²) < 4.78 is 5.82. The molecule has 1 saturated carbocycles. The van der Waals surface area contributed by atoms with Gasteiger partial charge in [-0.15, -0.1) is 0 Å². The molecular formula is C35H42N2O2. The number of hydrogen-bond acceptors (Lipinski definition) is 4. The molecule has 0 N–H and O–H groups in total. The van der Waals surface area contributed by atoms with E-state index in [-0.39, 0.29) is 5.97 Å². The lowest BCUT2D eigenvalue weighted by Crippen LogP contribution is -2.48. The third-order valence-corrected chi connectivity index (χ3v) is 7.85. The monoisotopic (exact) mass is 522 g/mol. The zero-order valence-electron chi connectivity index (χ0n) is 24.1. The van der Waals surface area contributed by atoms with E-state index in [0.717, 1.165) is 31.7 Å². The third kappa shape index (κ3) is 6.45. The molecule has 0 radical (unpaired) electrons. The van der Waals surface area contributed by atoms with E-state index in [1.807, 2.05) is 39.0 Å². The number of benzene rings is 3. The standard InChI is InChI=1S/C35H42N2O2/c1-25(2)36-20-22-37(23-21-36)30-18-16-28(17-19-30)33(32(27-14-15-27)26-10-7-6-8-11-26)29-12-9-13-31(24-29)39-34(38)35(3,4)5/h6-13,16-19,24-25,27H,14-15,20-23H2,1-5H3/b33-32-. The van der Waals surface area contributed by atoms with Gasteiger partial charge >= 0.3 is 5.97 Å². The number of piperazine rings is 1. The van der Waals surface area contributed by atoms with Crippen LogP contribution in [0.4, 0.5) is 5.69 Å². The van der Waals surface area contributed by atoms with Gasteiger partial charge in [0, 0.05) is 37.9 Å². The van der Waals surface area contributed by atoms with E-state index in [0.29, 0.717) is 17.7 Å². The van der Waals surface area contributed by atoms with Crippen LogP contribution in [0.3, 0.4) is 0 Å². The highest BCUT2D eigenvalue weighted by molar-refractivity contribution is 6.00. The smallest absolute Gasteiger partial charge is 0.316 e. The fraction of sp³-hybridized carbons (Fsp3) is 0.400. The summed E-state index contributed by atoms with van der Waals surface area (Å²) in [7, 11) is 0. The molecule has 1 heterocycles. The SMILES string of the molecule is CC(C)N1CCN(c2ccc(/C(=C(\c3ccccc3)C3CC3)c3cccc(OC(=O)C(C)(C)C)c3)cc2)CC1. The zero-order valence-corrected chi connectivity index (χ0v) is 24.1. The maximum atomic E-state index is 12.7. The van der Waals surface area contributed by atoms with Crippen LogP contribution in [-0.2, 0) is 4.79 Å². The van der Waals surface area contributed by atoms with Crippen molar-refractivity contribution < 1.29 is 9.53 Å². The number of allylic oxidation sites excluding steroid dienone is 1. The molecule has 39 heavy (non-hydrogen) atoms. The molecule has 3 aromatic rings. The summed E-state index contributed by atoms with van der Waals surface area (Å²) in [4.78, 5) is 17.7. The number of anilines is 1.